The number of hydrogen-bond donors (Lipinski definition) is 1. The summed E-state index contributed by atoms with van der Waals surface area (Å²) in [6, 6.07) is 8.38. The van der Waals surface area contributed by atoms with Crippen molar-refractivity contribution in [3.63, 3.8) is 0 Å². The smallest absolute Gasteiger partial charge is 0.316 e. The first-order chi connectivity index (χ1) is 15.1. The summed E-state index contributed by atoms with van der Waals surface area (Å²) in [5.74, 6) is -0.155. The number of piperazine rings is 1. The molecule has 4 rings (SSSR count). The van der Waals surface area contributed by atoms with Crippen molar-refractivity contribution in [2.24, 2.45) is 0 Å². The van der Waals surface area contributed by atoms with Gasteiger partial charge in [-0.25, -0.2) is 9.97 Å². The van der Waals surface area contributed by atoms with Crippen LogP contribution in [0.2, 0.25) is 0 Å². The summed E-state index contributed by atoms with van der Waals surface area (Å²) in [5.41, 5.74) is 4.43. The zero-order chi connectivity index (χ0) is 21.6. The first-order valence-electron chi connectivity index (χ1n) is 10.5. The van der Waals surface area contributed by atoms with Gasteiger partial charge in [-0.05, 0) is 56.1 Å². The van der Waals surface area contributed by atoms with Gasteiger partial charge in [-0.3, -0.25) is 9.69 Å². The molecule has 1 aromatic carbocycles. The first-order valence-corrected chi connectivity index (χ1v) is 10.5. The molecule has 162 valence electrons. The number of rotatable bonds is 7. The Morgan fingerprint density at radius 3 is 2.61 bits per heavy atom. The molecule has 1 amide bonds. The number of aromatic nitrogens is 4. The number of nitrogens with zero attached hydrogens (tertiary/aromatic N) is 6. The summed E-state index contributed by atoms with van der Waals surface area (Å²) in [6.45, 7) is 9.86. The predicted octanol–water partition coefficient (Wildman–Crippen LogP) is 2.09. The van der Waals surface area contributed by atoms with Crippen LogP contribution in [-0.2, 0) is 0 Å². The number of hydrogen-bond acceptors (Lipinski definition) is 8. The zero-order valence-corrected chi connectivity index (χ0v) is 17.9. The lowest BCUT2D eigenvalue weighted by Gasteiger charge is -2.36. The first kappa shape index (κ1) is 20.9. The molecule has 0 saturated carbocycles. The van der Waals surface area contributed by atoms with Crippen molar-refractivity contribution < 1.29 is 9.32 Å². The fraction of sp³-hybridized carbons (Fsp3) is 0.409. The second kappa shape index (κ2) is 9.65. The summed E-state index contributed by atoms with van der Waals surface area (Å²) >= 11 is 0. The topological polar surface area (TPSA) is 100 Å². The molecule has 9 heteroatoms. The van der Waals surface area contributed by atoms with E-state index in [4.69, 9.17) is 4.52 Å². The van der Waals surface area contributed by atoms with E-state index in [1.807, 2.05) is 0 Å². The molecule has 9 nitrogen and oxygen atoms in total. The molecule has 2 aromatic heterocycles. The maximum Gasteiger partial charge on any atom is 0.316 e. The molecule has 1 fully saturated rings. The molecule has 31 heavy (non-hydrogen) atoms. The number of aryl methyl sites for hydroxylation is 2. The zero-order valence-electron chi connectivity index (χ0n) is 17.9. The molecule has 0 spiro atoms. The summed E-state index contributed by atoms with van der Waals surface area (Å²) in [5, 5.41) is 6.65. The highest BCUT2D eigenvalue weighted by molar-refractivity contribution is 5.89. The fourth-order valence-corrected chi connectivity index (χ4v) is 3.79. The third kappa shape index (κ3) is 5.43. The van der Waals surface area contributed by atoms with Crippen molar-refractivity contribution >= 4 is 11.6 Å². The Balaban J connectivity index is 1.18. The highest BCUT2D eigenvalue weighted by atomic mass is 16.5. The van der Waals surface area contributed by atoms with Gasteiger partial charge in [-0.15, -0.1) is 0 Å². The predicted molar refractivity (Wildman–Crippen MR) is 117 cm³/mol. The monoisotopic (exact) mass is 421 g/mol. The Labute approximate surface area is 181 Å². The molecule has 0 unspecified atom stereocenters. The van der Waals surface area contributed by atoms with Gasteiger partial charge in [0.15, 0.2) is 0 Å². The van der Waals surface area contributed by atoms with Crippen LogP contribution in [0.5, 0.6) is 0 Å². The van der Waals surface area contributed by atoms with Crippen LogP contribution in [0.1, 0.15) is 28.2 Å². The molecular weight excluding hydrogens is 394 g/mol. The molecule has 1 N–H and O–H groups in total. The van der Waals surface area contributed by atoms with Gasteiger partial charge in [-0.2, -0.15) is 4.98 Å². The van der Waals surface area contributed by atoms with Gasteiger partial charge in [0.1, 0.15) is 12.0 Å². The van der Waals surface area contributed by atoms with Crippen molar-refractivity contribution in [2.75, 3.05) is 44.2 Å². The molecule has 3 heterocycles. The molecule has 0 atom stereocenters. The SMILES string of the molecule is Cc1cc(C)cc(N2CCN(CCCNC(=O)c3nc(-c4ccncn4)no3)CC2)c1. The van der Waals surface area contributed by atoms with Gasteiger partial charge in [0.2, 0.25) is 5.82 Å². The highest BCUT2D eigenvalue weighted by Crippen LogP contribution is 2.20. The van der Waals surface area contributed by atoms with E-state index in [0.717, 1.165) is 39.1 Å². The molecule has 0 radical (unpaired) electrons. The second-order valence-electron chi connectivity index (χ2n) is 7.80. The van der Waals surface area contributed by atoms with Crippen molar-refractivity contribution in [1.29, 1.82) is 0 Å². The summed E-state index contributed by atoms with van der Waals surface area (Å²) in [7, 11) is 0. The average Bonchev–Trinajstić information content (AvgIpc) is 3.27. The third-order valence-corrected chi connectivity index (χ3v) is 5.31. The van der Waals surface area contributed by atoms with Crippen LogP contribution in [-0.4, -0.2) is 70.2 Å². The maximum absolute atomic E-state index is 12.2. The Hall–Kier alpha value is -3.33. The van der Waals surface area contributed by atoms with Gasteiger partial charge < -0.3 is 14.7 Å². The van der Waals surface area contributed by atoms with E-state index >= 15 is 0 Å². The fourth-order valence-electron chi connectivity index (χ4n) is 3.79. The van der Waals surface area contributed by atoms with Crippen LogP contribution in [0.3, 0.4) is 0 Å². The minimum atomic E-state index is -0.368. The van der Waals surface area contributed by atoms with E-state index in [1.165, 1.54) is 23.1 Å². The lowest BCUT2D eigenvalue weighted by molar-refractivity contribution is 0.0907. The Morgan fingerprint density at radius 1 is 1.13 bits per heavy atom. The molecule has 1 aliphatic rings. The van der Waals surface area contributed by atoms with Gasteiger partial charge in [0, 0.05) is 44.6 Å². The minimum Gasteiger partial charge on any atom is -0.369 e. The van der Waals surface area contributed by atoms with Crippen molar-refractivity contribution in [3.8, 4) is 11.5 Å². The van der Waals surface area contributed by atoms with E-state index in [0.29, 0.717) is 12.2 Å². The van der Waals surface area contributed by atoms with Crippen LogP contribution in [0.25, 0.3) is 11.5 Å². The van der Waals surface area contributed by atoms with Crippen molar-refractivity contribution in [3.05, 3.63) is 53.8 Å². The lowest BCUT2D eigenvalue weighted by Crippen LogP contribution is -2.47. The van der Waals surface area contributed by atoms with E-state index in [1.54, 1.807) is 12.3 Å². The number of carbonyl (C=O) groups excluding carboxylic acids is 1. The second-order valence-corrected chi connectivity index (χ2v) is 7.80. The molecule has 1 saturated heterocycles. The quantitative estimate of drug-likeness (QED) is 0.579. The third-order valence-electron chi connectivity index (χ3n) is 5.31. The largest absolute Gasteiger partial charge is 0.369 e. The van der Waals surface area contributed by atoms with Gasteiger partial charge in [0.25, 0.3) is 0 Å². The number of benzene rings is 1. The molecule has 1 aliphatic heterocycles. The maximum atomic E-state index is 12.2. The Morgan fingerprint density at radius 2 is 1.90 bits per heavy atom. The highest BCUT2D eigenvalue weighted by Gasteiger charge is 2.19. The van der Waals surface area contributed by atoms with Gasteiger partial charge in [-0.1, -0.05) is 11.2 Å². The standard InChI is InChI=1S/C22H27N7O2/c1-16-12-17(2)14-18(13-16)29-10-8-28(9-11-29)7-3-5-24-21(30)22-26-20(27-31-22)19-4-6-23-15-25-19/h4,6,12-15H,3,5,7-11H2,1-2H3,(H,24,30). The van der Waals surface area contributed by atoms with Crippen LogP contribution >= 0.6 is 0 Å². The lowest BCUT2D eigenvalue weighted by atomic mass is 10.1. The average molecular weight is 422 g/mol. The van der Waals surface area contributed by atoms with Crippen LogP contribution in [0, 0.1) is 13.8 Å². The normalized spacial score (nSPS) is 14.6. The van der Waals surface area contributed by atoms with Crippen molar-refractivity contribution in [2.45, 2.75) is 20.3 Å². The minimum absolute atomic E-state index is 0.0596. The summed E-state index contributed by atoms with van der Waals surface area (Å²) in [4.78, 5) is 29.1. The Kier molecular flexibility index (Phi) is 6.51. The van der Waals surface area contributed by atoms with Crippen LogP contribution in [0.4, 0.5) is 5.69 Å². The molecular formula is C22H27N7O2. The van der Waals surface area contributed by atoms with Crippen LogP contribution < -0.4 is 10.2 Å². The van der Waals surface area contributed by atoms with E-state index in [9.17, 15) is 4.79 Å². The number of nitrogens with one attached hydrogen (secondary N) is 1. The van der Waals surface area contributed by atoms with E-state index < -0.39 is 0 Å². The number of amides is 1. The molecule has 3 aromatic rings. The Bertz CT molecular complexity index is 993. The van der Waals surface area contributed by atoms with E-state index in [-0.39, 0.29) is 17.6 Å². The van der Waals surface area contributed by atoms with E-state index in [2.05, 4.69) is 67.3 Å². The number of anilines is 1. The number of carbonyl (C=O) groups is 1. The molecule has 0 aliphatic carbocycles. The summed E-state index contributed by atoms with van der Waals surface area (Å²) in [6.07, 6.45) is 3.84. The van der Waals surface area contributed by atoms with Crippen molar-refractivity contribution in [1.82, 2.24) is 30.3 Å². The summed E-state index contributed by atoms with van der Waals surface area (Å²) < 4.78 is 5.05. The van der Waals surface area contributed by atoms with Crippen LogP contribution in [0.15, 0.2) is 41.3 Å². The van der Waals surface area contributed by atoms with Gasteiger partial charge in [0.05, 0.1) is 0 Å². The molecule has 0 bridgehead atoms. The van der Waals surface area contributed by atoms with Gasteiger partial charge >= 0.3 is 11.8 Å².